The Hall–Kier alpha value is -5.02. The van der Waals surface area contributed by atoms with Crippen LogP contribution in [0.1, 0.15) is 0 Å². The molecule has 0 spiro atoms. The molecule has 7 aromatic rings. The van der Waals surface area contributed by atoms with E-state index in [0.717, 1.165) is 33.7 Å². The number of fused-ring (bicyclic) bond motifs is 3. The summed E-state index contributed by atoms with van der Waals surface area (Å²) in [7, 11) is 0. The number of aromatic nitrogens is 3. The first kappa shape index (κ1) is 21.3. The molecule has 0 bridgehead atoms. The fraction of sp³-hybridized carbons (Fsp3) is 0. The number of hydrogen-bond acceptors (Lipinski definition) is 2. The van der Waals surface area contributed by atoms with Crippen LogP contribution in [-0.4, -0.2) is 14.5 Å². The van der Waals surface area contributed by atoms with Crippen molar-refractivity contribution in [1.29, 1.82) is 0 Å². The van der Waals surface area contributed by atoms with Crippen LogP contribution in [0.2, 0.25) is 0 Å². The van der Waals surface area contributed by atoms with Crippen LogP contribution in [0.25, 0.3) is 61.1 Å². The molecule has 4 aromatic carbocycles. The van der Waals surface area contributed by atoms with Crippen molar-refractivity contribution in [2.45, 2.75) is 0 Å². The lowest BCUT2D eigenvalue weighted by atomic mass is 9.99. The summed E-state index contributed by atoms with van der Waals surface area (Å²) in [4.78, 5) is 9.39. The van der Waals surface area contributed by atoms with Crippen LogP contribution in [0.3, 0.4) is 0 Å². The Bertz CT molecular complexity index is 1850. The van der Waals surface area contributed by atoms with E-state index in [4.69, 9.17) is 4.98 Å². The van der Waals surface area contributed by atoms with Gasteiger partial charge in [-0.1, -0.05) is 91.0 Å². The molecule has 0 aliphatic carbocycles. The highest BCUT2D eigenvalue weighted by molar-refractivity contribution is 6.10. The fourth-order valence-corrected chi connectivity index (χ4v) is 5.12. The molecule has 7 rings (SSSR count). The first-order chi connectivity index (χ1) is 18.3. The summed E-state index contributed by atoms with van der Waals surface area (Å²) >= 11 is 0. The number of nitrogens with zero attached hydrogens (tertiary/aromatic N) is 3. The van der Waals surface area contributed by atoms with Crippen LogP contribution in [-0.2, 0) is 0 Å². The van der Waals surface area contributed by atoms with E-state index in [2.05, 4.69) is 119 Å². The van der Waals surface area contributed by atoms with Crippen molar-refractivity contribution in [3.05, 3.63) is 140 Å². The van der Waals surface area contributed by atoms with Crippen molar-refractivity contribution in [1.82, 2.24) is 14.5 Å². The predicted molar refractivity (Wildman–Crippen MR) is 153 cm³/mol. The molecule has 0 aliphatic rings. The molecule has 0 aliphatic heterocycles. The number of benzene rings is 4. The van der Waals surface area contributed by atoms with Gasteiger partial charge < -0.3 is 0 Å². The van der Waals surface area contributed by atoms with E-state index >= 15 is 0 Å². The van der Waals surface area contributed by atoms with Crippen LogP contribution in [0.15, 0.2) is 140 Å². The molecule has 174 valence electrons. The minimum atomic E-state index is 0.908. The van der Waals surface area contributed by atoms with Gasteiger partial charge in [0, 0.05) is 28.7 Å². The second-order valence-electron chi connectivity index (χ2n) is 9.15. The highest BCUT2D eigenvalue weighted by atomic mass is 15.1. The largest absolute Gasteiger partial charge is 0.294 e. The summed E-state index contributed by atoms with van der Waals surface area (Å²) in [6.07, 6.45) is 3.74. The smallest absolute Gasteiger partial charge is 0.137 e. The second kappa shape index (κ2) is 8.89. The molecule has 3 aromatic heterocycles. The first-order valence-electron chi connectivity index (χ1n) is 12.4. The summed E-state index contributed by atoms with van der Waals surface area (Å²) in [5.41, 5.74) is 9.06. The van der Waals surface area contributed by atoms with Crippen LogP contribution >= 0.6 is 0 Å². The molecule has 37 heavy (non-hydrogen) atoms. The van der Waals surface area contributed by atoms with Crippen molar-refractivity contribution < 1.29 is 0 Å². The summed E-state index contributed by atoms with van der Waals surface area (Å²) < 4.78 is 2.24. The molecule has 0 saturated carbocycles. The first-order valence-corrected chi connectivity index (χ1v) is 12.4. The summed E-state index contributed by atoms with van der Waals surface area (Å²) in [6.45, 7) is 0. The molecular weight excluding hydrogens is 450 g/mol. The van der Waals surface area contributed by atoms with Gasteiger partial charge in [0.05, 0.1) is 16.7 Å². The quantitative estimate of drug-likeness (QED) is 0.256. The van der Waals surface area contributed by atoms with Crippen LogP contribution in [0.5, 0.6) is 0 Å². The maximum absolute atomic E-state index is 4.74. The Morgan fingerprint density at radius 2 is 1.08 bits per heavy atom. The lowest BCUT2D eigenvalue weighted by Crippen LogP contribution is -1.96. The third-order valence-electron chi connectivity index (χ3n) is 6.93. The average molecular weight is 474 g/mol. The van der Waals surface area contributed by atoms with Gasteiger partial charge in [-0.3, -0.25) is 9.55 Å². The van der Waals surface area contributed by atoms with Crippen molar-refractivity contribution in [3.8, 4) is 39.3 Å². The second-order valence-corrected chi connectivity index (χ2v) is 9.15. The van der Waals surface area contributed by atoms with Gasteiger partial charge in [0.25, 0.3) is 0 Å². The van der Waals surface area contributed by atoms with Crippen LogP contribution in [0, 0.1) is 0 Å². The molecule has 0 unspecified atom stereocenters. The topological polar surface area (TPSA) is 30.7 Å². The fourth-order valence-electron chi connectivity index (χ4n) is 5.12. The van der Waals surface area contributed by atoms with Crippen LogP contribution in [0.4, 0.5) is 0 Å². The van der Waals surface area contributed by atoms with E-state index < -0.39 is 0 Å². The van der Waals surface area contributed by atoms with Gasteiger partial charge in [-0.15, -0.1) is 0 Å². The number of rotatable bonds is 4. The van der Waals surface area contributed by atoms with Gasteiger partial charge >= 0.3 is 0 Å². The predicted octanol–water partition coefficient (Wildman–Crippen LogP) is 8.57. The van der Waals surface area contributed by atoms with Gasteiger partial charge in [-0.25, -0.2) is 4.98 Å². The standard InChI is InChI=1S/C34H23N3/c1-2-8-24(9-3-1)25-13-15-26(16-14-25)27-19-21-35-31(22-27)28-17-18-30-29-10-4-5-11-32(29)37(33(30)23-28)34-12-6-7-20-36-34/h1-23H. The molecular formula is C34H23N3. The number of hydrogen-bond donors (Lipinski definition) is 0. The lowest BCUT2D eigenvalue weighted by Gasteiger charge is -2.09. The third kappa shape index (κ3) is 3.78. The molecule has 0 fully saturated rings. The Morgan fingerprint density at radius 1 is 0.405 bits per heavy atom. The Labute approximate surface area is 215 Å². The van der Waals surface area contributed by atoms with Gasteiger partial charge in [-0.2, -0.15) is 0 Å². The highest BCUT2D eigenvalue weighted by Crippen LogP contribution is 2.34. The van der Waals surface area contributed by atoms with Crippen molar-refractivity contribution in [2.24, 2.45) is 0 Å². The zero-order chi connectivity index (χ0) is 24.6. The van der Waals surface area contributed by atoms with Gasteiger partial charge in [0.15, 0.2) is 0 Å². The molecule has 3 nitrogen and oxygen atoms in total. The average Bonchev–Trinajstić information content (AvgIpc) is 3.32. The Morgan fingerprint density at radius 3 is 1.89 bits per heavy atom. The minimum Gasteiger partial charge on any atom is -0.294 e. The zero-order valence-electron chi connectivity index (χ0n) is 20.1. The lowest BCUT2D eigenvalue weighted by molar-refractivity contribution is 1.08. The van der Waals surface area contributed by atoms with Crippen molar-refractivity contribution in [2.75, 3.05) is 0 Å². The maximum atomic E-state index is 4.74. The monoisotopic (exact) mass is 473 g/mol. The third-order valence-corrected chi connectivity index (χ3v) is 6.93. The Kier molecular flexibility index (Phi) is 5.11. The molecule has 0 N–H and O–H groups in total. The summed E-state index contributed by atoms with van der Waals surface area (Å²) in [5.74, 6) is 0.908. The SMILES string of the molecule is c1ccc(-c2ccc(-c3ccnc(-c4ccc5c6ccccc6n(-c6ccccn6)c5c4)c3)cc2)cc1. The molecule has 3 heteroatoms. The summed E-state index contributed by atoms with van der Waals surface area (Å²) in [6, 6.07) is 44.6. The number of pyridine rings is 2. The van der Waals surface area contributed by atoms with E-state index in [-0.39, 0.29) is 0 Å². The van der Waals surface area contributed by atoms with Crippen molar-refractivity contribution in [3.63, 3.8) is 0 Å². The van der Waals surface area contributed by atoms with Gasteiger partial charge in [-0.05, 0) is 58.7 Å². The van der Waals surface area contributed by atoms with Gasteiger partial charge in [0.2, 0.25) is 0 Å². The maximum Gasteiger partial charge on any atom is 0.137 e. The summed E-state index contributed by atoms with van der Waals surface area (Å²) in [5, 5.41) is 2.42. The molecule has 0 atom stereocenters. The van der Waals surface area contributed by atoms with E-state index in [1.807, 2.05) is 30.6 Å². The zero-order valence-corrected chi connectivity index (χ0v) is 20.1. The van der Waals surface area contributed by atoms with E-state index in [9.17, 15) is 0 Å². The normalized spacial score (nSPS) is 11.2. The van der Waals surface area contributed by atoms with E-state index in [1.165, 1.54) is 27.5 Å². The van der Waals surface area contributed by atoms with E-state index in [0.29, 0.717) is 0 Å². The molecule has 0 radical (unpaired) electrons. The minimum absolute atomic E-state index is 0.908. The molecule has 0 amide bonds. The highest BCUT2D eigenvalue weighted by Gasteiger charge is 2.14. The molecule has 0 saturated heterocycles. The Balaban J connectivity index is 1.32. The number of para-hydroxylation sites is 1. The van der Waals surface area contributed by atoms with Crippen molar-refractivity contribution >= 4 is 21.8 Å². The van der Waals surface area contributed by atoms with Gasteiger partial charge in [0.1, 0.15) is 5.82 Å². The molecule has 3 heterocycles. The van der Waals surface area contributed by atoms with Crippen LogP contribution < -0.4 is 0 Å². The van der Waals surface area contributed by atoms with E-state index in [1.54, 1.807) is 0 Å².